The molecule has 2 aliphatic rings. The Morgan fingerprint density at radius 2 is 1.76 bits per heavy atom. The van der Waals surface area contributed by atoms with E-state index in [0.29, 0.717) is 12.3 Å². The van der Waals surface area contributed by atoms with Crippen molar-refractivity contribution in [1.29, 1.82) is 0 Å². The second-order valence-electron chi connectivity index (χ2n) is 5.79. The number of hydrogen-bond acceptors (Lipinski definition) is 3. The summed E-state index contributed by atoms with van der Waals surface area (Å²) in [5.74, 6) is 0.688. The van der Waals surface area contributed by atoms with Crippen LogP contribution in [0.25, 0.3) is 0 Å². The van der Waals surface area contributed by atoms with Gasteiger partial charge in [-0.2, -0.15) is 0 Å². The second-order valence-corrected chi connectivity index (χ2v) is 5.79. The summed E-state index contributed by atoms with van der Waals surface area (Å²) in [6, 6.07) is 0. The van der Waals surface area contributed by atoms with E-state index in [4.69, 9.17) is 4.74 Å². The molecule has 100 valence electrons. The van der Waals surface area contributed by atoms with E-state index >= 15 is 0 Å². The van der Waals surface area contributed by atoms with Crippen molar-refractivity contribution in [3.05, 3.63) is 0 Å². The van der Waals surface area contributed by atoms with Crippen molar-refractivity contribution in [2.24, 2.45) is 11.8 Å². The summed E-state index contributed by atoms with van der Waals surface area (Å²) in [5, 5.41) is 20.2. The van der Waals surface area contributed by atoms with Crippen LogP contribution in [0, 0.1) is 11.8 Å². The molecule has 2 rings (SSSR count). The zero-order chi connectivity index (χ0) is 12.3. The maximum absolute atomic E-state index is 10.5. The van der Waals surface area contributed by atoms with Crippen LogP contribution < -0.4 is 0 Å². The Labute approximate surface area is 104 Å². The first kappa shape index (κ1) is 13.3. The molecule has 3 unspecified atom stereocenters. The summed E-state index contributed by atoms with van der Waals surface area (Å²) in [6.07, 6.45) is 8.13. The number of ether oxygens (including phenoxy) is 1. The third-order valence-corrected chi connectivity index (χ3v) is 4.69. The number of aliphatic hydroxyl groups excluding tert-OH is 2. The second kappa shape index (κ2) is 6.17. The van der Waals surface area contributed by atoms with Gasteiger partial charge in [-0.05, 0) is 38.0 Å². The lowest BCUT2D eigenvalue weighted by Gasteiger charge is -2.39. The molecular formula is C14H26O3. The highest BCUT2D eigenvalue weighted by atomic mass is 16.5. The summed E-state index contributed by atoms with van der Waals surface area (Å²) in [6.45, 7) is 0. The first-order valence-corrected chi connectivity index (χ1v) is 7.11. The van der Waals surface area contributed by atoms with Crippen LogP contribution in [-0.2, 0) is 4.74 Å². The van der Waals surface area contributed by atoms with E-state index in [9.17, 15) is 10.2 Å². The van der Waals surface area contributed by atoms with Crippen LogP contribution in [0.4, 0.5) is 0 Å². The van der Waals surface area contributed by atoms with E-state index < -0.39 is 0 Å². The zero-order valence-electron chi connectivity index (χ0n) is 10.8. The van der Waals surface area contributed by atoms with Crippen molar-refractivity contribution >= 4 is 0 Å². The predicted octanol–water partition coefficient (Wildman–Crippen LogP) is 2.10. The molecule has 2 aliphatic carbocycles. The molecule has 0 heterocycles. The van der Waals surface area contributed by atoms with Gasteiger partial charge in [0, 0.05) is 13.0 Å². The third kappa shape index (κ3) is 3.21. The molecule has 4 atom stereocenters. The molecule has 0 aromatic rings. The van der Waals surface area contributed by atoms with Crippen molar-refractivity contribution in [3.8, 4) is 0 Å². The van der Waals surface area contributed by atoms with Crippen molar-refractivity contribution in [1.82, 2.24) is 0 Å². The van der Waals surface area contributed by atoms with Crippen LogP contribution in [0.15, 0.2) is 0 Å². The average molecular weight is 242 g/mol. The fourth-order valence-corrected chi connectivity index (χ4v) is 3.62. The van der Waals surface area contributed by atoms with Crippen LogP contribution in [0.1, 0.15) is 51.4 Å². The largest absolute Gasteiger partial charge is 0.393 e. The minimum atomic E-state index is -0.241. The summed E-state index contributed by atoms with van der Waals surface area (Å²) in [4.78, 5) is 0. The van der Waals surface area contributed by atoms with Gasteiger partial charge in [-0.1, -0.05) is 19.3 Å². The fourth-order valence-electron chi connectivity index (χ4n) is 3.62. The monoisotopic (exact) mass is 242 g/mol. The van der Waals surface area contributed by atoms with E-state index in [1.807, 2.05) is 0 Å². The van der Waals surface area contributed by atoms with E-state index in [0.717, 1.165) is 25.7 Å². The van der Waals surface area contributed by atoms with E-state index in [-0.39, 0.29) is 24.2 Å². The molecule has 0 aromatic carbocycles. The standard InChI is InChI=1S/C14H26O3/c1-17-13-9-11(15)7-8-12(13)14(16)10-5-3-2-4-6-10/h10-16H,2-9H2,1H3/t11?,12?,13-,14?/m1/s1. The van der Waals surface area contributed by atoms with Crippen molar-refractivity contribution in [2.45, 2.75) is 69.7 Å². The molecule has 0 radical (unpaired) electrons. The van der Waals surface area contributed by atoms with Crippen molar-refractivity contribution in [2.75, 3.05) is 7.11 Å². The molecule has 2 N–H and O–H groups in total. The predicted molar refractivity (Wildman–Crippen MR) is 66.7 cm³/mol. The normalized spacial score (nSPS) is 37.9. The maximum atomic E-state index is 10.5. The minimum Gasteiger partial charge on any atom is -0.393 e. The average Bonchev–Trinajstić information content (AvgIpc) is 2.39. The molecule has 2 saturated carbocycles. The molecule has 3 nitrogen and oxygen atoms in total. The Hall–Kier alpha value is -0.120. The lowest BCUT2D eigenvalue weighted by Crippen LogP contribution is -2.43. The molecule has 0 spiro atoms. The van der Waals surface area contributed by atoms with Crippen LogP contribution in [0.5, 0.6) is 0 Å². The first-order chi connectivity index (χ1) is 8.22. The van der Waals surface area contributed by atoms with E-state index in [2.05, 4.69) is 0 Å². The number of hydrogen-bond donors (Lipinski definition) is 2. The summed E-state index contributed by atoms with van der Waals surface area (Å²) < 4.78 is 5.47. The van der Waals surface area contributed by atoms with Gasteiger partial charge in [0.1, 0.15) is 0 Å². The molecular weight excluding hydrogens is 216 g/mol. The highest BCUT2D eigenvalue weighted by Crippen LogP contribution is 2.36. The van der Waals surface area contributed by atoms with Gasteiger partial charge in [0.2, 0.25) is 0 Å². The van der Waals surface area contributed by atoms with Gasteiger partial charge in [0.05, 0.1) is 18.3 Å². The quantitative estimate of drug-likeness (QED) is 0.797. The molecule has 0 amide bonds. The topological polar surface area (TPSA) is 49.7 Å². The Morgan fingerprint density at radius 1 is 1.06 bits per heavy atom. The van der Waals surface area contributed by atoms with Crippen LogP contribution in [0.2, 0.25) is 0 Å². The minimum absolute atomic E-state index is 0.0377. The van der Waals surface area contributed by atoms with Gasteiger partial charge in [-0.3, -0.25) is 0 Å². The Balaban J connectivity index is 1.94. The zero-order valence-corrected chi connectivity index (χ0v) is 10.8. The van der Waals surface area contributed by atoms with Crippen molar-refractivity contribution in [3.63, 3.8) is 0 Å². The lowest BCUT2D eigenvalue weighted by atomic mass is 9.73. The number of methoxy groups -OCH3 is 1. The van der Waals surface area contributed by atoms with Crippen molar-refractivity contribution < 1.29 is 14.9 Å². The molecule has 0 aliphatic heterocycles. The smallest absolute Gasteiger partial charge is 0.0648 e. The van der Waals surface area contributed by atoms with Gasteiger partial charge < -0.3 is 14.9 Å². The van der Waals surface area contributed by atoms with Gasteiger partial charge in [-0.25, -0.2) is 0 Å². The highest BCUT2D eigenvalue weighted by Gasteiger charge is 2.37. The van der Waals surface area contributed by atoms with E-state index in [1.165, 1.54) is 19.3 Å². The fraction of sp³-hybridized carbons (Fsp3) is 1.00. The molecule has 0 saturated heterocycles. The Kier molecular flexibility index (Phi) is 4.83. The van der Waals surface area contributed by atoms with Crippen LogP contribution in [0.3, 0.4) is 0 Å². The Bertz CT molecular complexity index is 226. The van der Waals surface area contributed by atoms with Gasteiger partial charge in [-0.15, -0.1) is 0 Å². The molecule has 2 fully saturated rings. The molecule has 0 bridgehead atoms. The SMILES string of the molecule is CO[C@@H]1CC(O)CCC1C(O)C1CCCCC1. The van der Waals surface area contributed by atoms with Gasteiger partial charge in [0.15, 0.2) is 0 Å². The summed E-state index contributed by atoms with van der Waals surface area (Å²) in [7, 11) is 1.70. The summed E-state index contributed by atoms with van der Waals surface area (Å²) in [5.41, 5.74) is 0. The van der Waals surface area contributed by atoms with Gasteiger partial charge >= 0.3 is 0 Å². The Morgan fingerprint density at radius 3 is 2.41 bits per heavy atom. The van der Waals surface area contributed by atoms with E-state index in [1.54, 1.807) is 7.11 Å². The summed E-state index contributed by atoms with van der Waals surface area (Å²) >= 11 is 0. The molecule has 0 aromatic heterocycles. The highest BCUT2D eigenvalue weighted by molar-refractivity contribution is 4.88. The maximum Gasteiger partial charge on any atom is 0.0648 e. The molecule has 3 heteroatoms. The van der Waals surface area contributed by atoms with Crippen LogP contribution >= 0.6 is 0 Å². The number of rotatable bonds is 3. The van der Waals surface area contributed by atoms with Crippen LogP contribution in [-0.4, -0.2) is 35.6 Å². The molecule has 17 heavy (non-hydrogen) atoms. The lowest BCUT2D eigenvalue weighted by molar-refractivity contribution is -0.0874. The van der Waals surface area contributed by atoms with Gasteiger partial charge in [0.25, 0.3) is 0 Å². The number of aliphatic hydroxyl groups is 2. The first-order valence-electron chi connectivity index (χ1n) is 7.11. The third-order valence-electron chi connectivity index (χ3n) is 4.69.